The molecule has 0 unspecified atom stereocenters. The van der Waals surface area contributed by atoms with Gasteiger partial charge in [-0.1, -0.05) is 19.8 Å². The third-order valence-electron chi connectivity index (χ3n) is 5.38. The third kappa shape index (κ3) is 41.7. The normalized spacial score (nSPS) is 12.0. The first-order chi connectivity index (χ1) is 21.1. The molecule has 13 heteroatoms. The van der Waals surface area contributed by atoms with Gasteiger partial charge >= 0.3 is 0 Å². The lowest BCUT2D eigenvalue weighted by Crippen LogP contribution is -2.27. The summed E-state index contributed by atoms with van der Waals surface area (Å²) in [4.78, 5) is 0. The van der Waals surface area contributed by atoms with Crippen molar-refractivity contribution < 1.29 is 56.5 Å². The largest absolute Gasteiger partial charge is 0.415 e. The quantitative estimate of drug-likeness (QED) is 0.0727. The van der Waals surface area contributed by atoms with Crippen LogP contribution in [-0.4, -0.2) is 160 Å². The number of unbranched alkanes of at least 4 members (excludes halogenated alkanes) is 2. The predicted octanol–water partition coefficient (Wildman–Crippen LogP) is 3.21. The van der Waals surface area contributed by atoms with E-state index in [4.69, 9.17) is 56.5 Å². The van der Waals surface area contributed by atoms with Gasteiger partial charge in [-0.25, -0.2) is 0 Å². The lowest BCUT2D eigenvalue weighted by Gasteiger charge is -2.16. The monoisotopic (exact) mass is 644 g/mol. The Morgan fingerprint density at radius 1 is 0.279 bits per heavy atom. The molecule has 0 rings (SSSR count). The maximum atomic E-state index is 5.72. The molecule has 0 spiro atoms. The van der Waals surface area contributed by atoms with Crippen molar-refractivity contribution in [2.45, 2.75) is 45.8 Å². The lowest BCUT2D eigenvalue weighted by molar-refractivity contribution is -0.0277. The smallest absolute Gasteiger partial charge is 0.183 e. The van der Waals surface area contributed by atoms with Crippen molar-refractivity contribution >= 4 is 8.32 Å². The Bertz CT molecular complexity index is 514. The first-order valence-electron chi connectivity index (χ1n) is 16.1. The van der Waals surface area contributed by atoms with Crippen LogP contribution in [0.2, 0.25) is 19.6 Å². The molecule has 43 heavy (non-hydrogen) atoms. The van der Waals surface area contributed by atoms with Gasteiger partial charge in [0, 0.05) is 6.61 Å². The Balaban J connectivity index is 3.05. The minimum absolute atomic E-state index is 0.521. The molecule has 0 fully saturated rings. The SMILES string of the molecule is CCCCCOCCOCCOCCOCCOCCOCCOCCOCCOCCOCCOCCO[Si](C)(C)C. The summed E-state index contributed by atoms with van der Waals surface area (Å²) in [6.45, 7) is 21.7. The molecule has 0 heterocycles. The summed E-state index contributed by atoms with van der Waals surface area (Å²) in [5.41, 5.74) is 0. The van der Waals surface area contributed by atoms with E-state index in [2.05, 4.69) is 26.6 Å². The summed E-state index contributed by atoms with van der Waals surface area (Å²) >= 11 is 0. The molecular formula is C30H64O12Si. The second-order valence-electron chi connectivity index (χ2n) is 10.4. The van der Waals surface area contributed by atoms with Crippen LogP contribution in [0.3, 0.4) is 0 Å². The van der Waals surface area contributed by atoms with Crippen LogP contribution in [0.1, 0.15) is 26.2 Å². The van der Waals surface area contributed by atoms with E-state index < -0.39 is 8.32 Å². The van der Waals surface area contributed by atoms with E-state index in [-0.39, 0.29) is 0 Å². The molecule has 0 aliphatic rings. The Kier molecular flexibility index (Phi) is 36.0. The molecule has 0 bridgehead atoms. The van der Waals surface area contributed by atoms with Gasteiger partial charge < -0.3 is 56.5 Å². The maximum Gasteiger partial charge on any atom is 0.183 e. The summed E-state index contributed by atoms with van der Waals surface area (Å²) in [5.74, 6) is 0. The molecule has 0 aromatic carbocycles. The van der Waals surface area contributed by atoms with Crippen LogP contribution in [-0.2, 0) is 56.5 Å². The van der Waals surface area contributed by atoms with E-state index in [9.17, 15) is 0 Å². The summed E-state index contributed by atoms with van der Waals surface area (Å²) < 4.78 is 65.9. The van der Waals surface area contributed by atoms with E-state index in [0.717, 1.165) is 13.0 Å². The average molecular weight is 645 g/mol. The molecule has 260 valence electrons. The fourth-order valence-corrected chi connectivity index (χ4v) is 3.86. The van der Waals surface area contributed by atoms with Crippen molar-refractivity contribution in [2.75, 3.05) is 152 Å². The molecule has 0 aromatic rings. The second kappa shape index (κ2) is 36.2. The first-order valence-corrected chi connectivity index (χ1v) is 19.5. The van der Waals surface area contributed by atoms with E-state index in [0.29, 0.717) is 145 Å². The average Bonchev–Trinajstić information content (AvgIpc) is 2.98. The molecular weight excluding hydrogens is 580 g/mol. The summed E-state index contributed by atoms with van der Waals surface area (Å²) in [7, 11) is -1.45. The molecule has 0 saturated heterocycles. The Hall–Kier alpha value is -0.263. The molecule has 0 aliphatic carbocycles. The summed E-state index contributed by atoms with van der Waals surface area (Å²) in [6, 6.07) is 0. The van der Waals surface area contributed by atoms with Gasteiger partial charge in [0.25, 0.3) is 0 Å². The predicted molar refractivity (Wildman–Crippen MR) is 168 cm³/mol. The van der Waals surface area contributed by atoms with Gasteiger partial charge in [-0.2, -0.15) is 0 Å². The summed E-state index contributed by atoms with van der Waals surface area (Å²) in [6.07, 6.45) is 3.55. The number of hydrogen-bond acceptors (Lipinski definition) is 12. The Labute approximate surface area is 262 Å². The first kappa shape index (κ1) is 42.7. The standard InChI is InChI=1S/C30H64O12Si/c1-5-6-7-8-31-9-10-32-11-12-33-13-14-34-15-16-35-17-18-36-19-20-37-21-22-38-23-24-39-25-26-40-27-28-41-29-30-42-43(2,3)4/h5-30H2,1-4H3. The molecule has 0 saturated carbocycles. The summed E-state index contributed by atoms with van der Waals surface area (Å²) in [5, 5.41) is 0. The van der Waals surface area contributed by atoms with Crippen LogP contribution in [0, 0.1) is 0 Å². The van der Waals surface area contributed by atoms with Crippen LogP contribution in [0.15, 0.2) is 0 Å². The van der Waals surface area contributed by atoms with E-state index in [1.54, 1.807) is 0 Å². The van der Waals surface area contributed by atoms with Crippen molar-refractivity contribution in [3.63, 3.8) is 0 Å². The number of ether oxygens (including phenoxy) is 11. The zero-order valence-electron chi connectivity index (χ0n) is 27.8. The van der Waals surface area contributed by atoms with Crippen molar-refractivity contribution in [1.29, 1.82) is 0 Å². The fourth-order valence-electron chi connectivity index (χ4n) is 3.16. The van der Waals surface area contributed by atoms with Gasteiger partial charge in [0.05, 0.1) is 145 Å². The Morgan fingerprint density at radius 3 is 0.698 bits per heavy atom. The zero-order valence-corrected chi connectivity index (χ0v) is 28.8. The Morgan fingerprint density at radius 2 is 0.488 bits per heavy atom. The molecule has 0 radical (unpaired) electrons. The van der Waals surface area contributed by atoms with E-state index in [1.165, 1.54) is 12.8 Å². The molecule has 0 N–H and O–H groups in total. The van der Waals surface area contributed by atoms with Gasteiger partial charge in [-0.3, -0.25) is 0 Å². The minimum Gasteiger partial charge on any atom is -0.415 e. The van der Waals surface area contributed by atoms with Crippen molar-refractivity contribution in [2.24, 2.45) is 0 Å². The van der Waals surface area contributed by atoms with E-state index in [1.807, 2.05) is 0 Å². The molecule has 0 atom stereocenters. The van der Waals surface area contributed by atoms with Gasteiger partial charge in [0.2, 0.25) is 0 Å². The van der Waals surface area contributed by atoms with Crippen LogP contribution >= 0.6 is 0 Å². The molecule has 0 aromatic heterocycles. The number of rotatable bonds is 38. The lowest BCUT2D eigenvalue weighted by atomic mass is 10.3. The fraction of sp³-hybridized carbons (Fsp3) is 1.00. The molecule has 0 amide bonds. The van der Waals surface area contributed by atoms with Gasteiger partial charge in [0.1, 0.15) is 0 Å². The minimum atomic E-state index is -1.45. The van der Waals surface area contributed by atoms with Crippen LogP contribution in [0.5, 0.6) is 0 Å². The van der Waals surface area contributed by atoms with E-state index >= 15 is 0 Å². The van der Waals surface area contributed by atoms with Crippen molar-refractivity contribution in [3.05, 3.63) is 0 Å². The van der Waals surface area contributed by atoms with Crippen molar-refractivity contribution in [1.82, 2.24) is 0 Å². The van der Waals surface area contributed by atoms with Crippen LogP contribution in [0.25, 0.3) is 0 Å². The van der Waals surface area contributed by atoms with Gasteiger partial charge in [-0.15, -0.1) is 0 Å². The molecule has 12 nitrogen and oxygen atoms in total. The van der Waals surface area contributed by atoms with Crippen LogP contribution in [0.4, 0.5) is 0 Å². The maximum absolute atomic E-state index is 5.72. The topological polar surface area (TPSA) is 111 Å². The highest BCUT2D eigenvalue weighted by molar-refractivity contribution is 6.69. The second-order valence-corrected chi connectivity index (χ2v) is 14.9. The van der Waals surface area contributed by atoms with Crippen molar-refractivity contribution in [3.8, 4) is 0 Å². The number of hydrogen-bond donors (Lipinski definition) is 0. The highest BCUT2D eigenvalue weighted by atomic mass is 28.4. The van der Waals surface area contributed by atoms with Gasteiger partial charge in [-0.05, 0) is 26.1 Å². The third-order valence-corrected chi connectivity index (χ3v) is 6.45. The highest BCUT2D eigenvalue weighted by Gasteiger charge is 2.13. The molecule has 0 aliphatic heterocycles. The van der Waals surface area contributed by atoms with Gasteiger partial charge in [0.15, 0.2) is 8.32 Å². The highest BCUT2D eigenvalue weighted by Crippen LogP contribution is 2.01. The zero-order chi connectivity index (χ0) is 31.4. The van der Waals surface area contributed by atoms with Crippen LogP contribution < -0.4 is 0 Å².